The molecule has 1 aromatic heterocycles. The van der Waals surface area contributed by atoms with Crippen LogP contribution in [0.5, 0.6) is 5.75 Å². The van der Waals surface area contributed by atoms with E-state index >= 15 is 0 Å². The Morgan fingerprint density at radius 1 is 1.40 bits per heavy atom. The van der Waals surface area contributed by atoms with Gasteiger partial charge in [-0.25, -0.2) is 0 Å². The lowest BCUT2D eigenvalue weighted by Gasteiger charge is -2.14. The SMILES string of the molecule is COc1cc(C)n(C)c(=O)c1C(F)(F)F. The van der Waals surface area contributed by atoms with Crippen molar-refractivity contribution < 1.29 is 17.9 Å². The minimum absolute atomic E-state index is 0.407. The zero-order valence-electron chi connectivity index (χ0n) is 8.47. The van der Waals surface area contributed by atoms with Crippen LogP contribution in [0.25, 0.3) is 0 Å². The normalized spacial score (nSPS) is 11.6. The maximum Gasteiger partial charge on any atom is 0.425 e. The number of ether oxygens (including phenoxy) is 1. The largest absolute Gasteiger partial charge is 0.496 e. The first kappa shape index (κ1) is 11.6. The van der Waals surface area contributed by atoms with Crippen LogP contribution in [0.1, 0.15) is 11.3 Å². The third kappa shape index (κ3) is 1.98. The van der Waals surface area contributed by atoms with E-state index < -0.39 is 23.0 Å². The molecule has 0 aliphatic heterocycles. The van der Waals surface area contributed by atoms with Gasteiger partial charge in [-0.2, -0.15) is 13.2 Å². The summed E-state index contributed by atoms with van der Waals surface area (Å²) in [5.74, 6) is -0.442. The number of rotatable bonds is 1. The van der Waals surface area contributed by atoms with Crippen molar-refractivity contribution in [2.45, 2.75) is 13.1 Å². The molecular weight excluding hydrogens is 211 g/mol. The highest BCUT2D eigenvalue weighted by molar-refractivity contribution is 5.35. The molecule has 84 valence electrons. The topological polar surface area (TPSA) is 31.2 Å². The Hall–Kier alpha value is -1.46. The second-order valence-corrected chi connectivity index (χ2v) is 3.09. The molecule has 0 aliphatic carbocycles. The van der Waals surface area contributed by atoms with Crippen molar-refractivity contribution in [2.24, 2.45) is 7.05 Å². The summed E-state index contributed by atoms with van der Waals surface area (Å²) in [4.78, 5) is 11.4. The fourth-order valence-electron chi connectivity index (χ4n) is 1.21. The number of methoxy groups -OCH3 is 1. The molecule has 0 amide bonds. The van der Waals surface area contributed by atoms with E-state index in [2.05, 4.69) is 4.74 Å². The summed E-state index contributed by atoms with van der Waals surface area (Å²) in [6.07, 6.45) is -4.70. The maximum atomic E-state index is 12.5. The number of aryl methyl sites for hydroxylation is 1. The highest BCUT2D eigenvalue weighted by Crippen LogP contribution is 2.33. The van der Waals surface area contributed by atoms with E-state index in [1.807, 2.05) is 0 Å². The smallest absolute Gasteiger partial charge is 0.425 e. The van der Waals surface area contributed by atoms with Crippen LogP contribution in [0.3, 0.4) is 0 Å². The number of alkyl halides is 3. The zero-order valence-corrected chi connectivity index (χ0v) is 8.47. The number of hydrogen-bond donors (Lipinski definition) is 0. The lowest BCUT2D eigenvalue weighted by atomic mass is 10.2. The molecule has 0 bridgehead atoms. The van der Waals surface area contributed by atoms with Crippen LogP contribution >= 0.6 is 0 Å². The lowest BCUT2D eigenvalue weighted by Crippen LogP contribution is -2.28. The molecule has 0 unspecified atom stereocenters. The van der Waals surface area contributed by atoms with Crippen molar-refractivity contribution >= 4 is 0 Å². The molecule has 1 heterocycles. The van der Waals surface area contributed by atoms with E-state index in [9.17, 15) is 18.0 Å². The molecule has 1 aromatic rings. The van der Waals surface area contributed by atoms with Crippen LogP contribution in [0.2, 0.25) is 0 Å². The lowest BCUT2D eigenvalue weighted by molar-refractivity contribution is -0.140. The summed E-state index contributed by atoms with van der Waals surface area (Å²) in [6, 6.07) is 1.18. The molecule has 15 heavy (non-hydrogen) atoms. The summed E-state index contributed by atoms with van der Waals surface area (Å²) >= 11 is 0. The van der Waals surface area contributed by atoms with Gasteiger partial charge in [0.25, 0.3) is 5.56 Å². The third-order valence-electron chi connectivity index (χ3n) is 2.14. The second-order valence-electron chi connectivity index (χ2n) is 3.09. The van der Waals surface area contributed by atoms with Gasteiger partial charge in [-0.15, -0.1) is 0 Å². The Balaban J connectivity index is 3.63. The molecular formula is C9H10F3NO2. The molecule has 0 saturated carbocycles. The Morgan fingerprint density at radius 3 is 2.33 bits per heavy atom. The molecule has 0 aromatic carbocycles. The van der Waals surface area contributed by atoms with Gasteiger partial charge in [0, 0.05) is 18.8 Å². The van der Waals surface area contributed by atoms with Crippen molar-refractivity contribution in [3.05, 3.63) is 27.7 Å². The summed E-state index contributed by atoms with van der Waals surface area (Å²) < 4.78 is 43.0. The number of halogens is 3. The average Bonchev–Trinajstić information content (AvgIpc) is 2.11. The molecule has 3 nitrogen and oxygen atoms in total. The fraction of sp³-hybridized carbons (Fsp3) is 0.444. The molecule has 6 heteroatoms. The van der Waals surface area contributed by atoms with E-state index in [-0.39, 0.29) is 0 Å². The minimum atomic E-state index is -4.70. The van der Waals surface area contributed by atoms with Gasteiger partial charge in [-0.1, -0.05) is 0 Å². The average molecular weight is 221 g/mol. The summed E-state index contributed by atoms with van der Waals surface area (Å²) in [6.45, 7) is 1.53. The predicted octanol–water partition coefficient (Wildman–Crippen LogP) is 1.72. The Bertz CT molecular complexity index is 434. The van der Waals surface area contributed by atoms with Crippen molar-refractivity contribution in [1.29, 1.82) is 0 Å². The summed E-state index contributed by atoms with van der Waals surface area (Å²) in [7, 11) is 2.38. The van der Waals surface area contributed by atoms with Gasteiger partial charge in [-0.05, 0) is 6.92 Å². The number of pyridine rings is 1. The molecule has 0 N–H and O–H groups in total. The van der Waals surface area contributed by atoms with E-state index in [1.165, 1.54) is 20.0 Å². The Labute approximate surface area is 84.1 Å². The van der Waals surface area contributed by atoms with Crippen molar-refractivity contribution in [2.75, 3.05) is 7.11 Å². The Kier molecular flexibility index (Phi) is 2.79. The van der Waals surface area contributed by atoms with Gasteiger partial charge in [0.2, 0.25) is 0 Å². The van der Waals surface area contributed by atoms with E-state index in [0.29, 0.717) is 5.69 Å². The quantitative estimate of drug-likeness (QED) is 0.723. The molecule has 0 radical (unpaired) electrons. The first-order chi connectivity index (χ1) is 6.79. The van der Waals surface area contributed by atoms with Gasteiger partial charge < -0.3 is 9.30 Å². The van der Waals surface area contributed by atoms with Gasteiger partial charge in [0.05, 0.1) is 7.11 Å². The molecule has 0 saturated heterocycles. The summed E-state index contributed by atoms with van der Waals surface area (Å²) in [5.41, 5.74) is -1.96. The number of aromatic nitrogens is 1. The molecule has 0 atom stereocenters. The first-order valence-electron chi connectivity index (χ1n) is 4.11. The molecule has 0 aliphatic rings. The molecule has 1 rings (SSSR count). The molecule has 0 spiro atoms. The minimum Gasteiger partial charge on any atom is -0.496 e. The van der Waals surface area contributed by atoms with E-state index in [1.54, 1.807) is 0 Å². The standard InChI is InChI=1S/C9H10F3NO2/c1-5-4-6(15-3)7(9(10,11)12)8(14)13(5)2/h4H,1-3H3. The van der Waals surface area contributed by atoms with E-state index in [0.717, 1.165) is 11.7 Å². The highest BCUT2D eigenvalue weighted by atomic mass is 19.4. The van der Waals surface area contributed by atoms with Crippen LogP contribution in [-0.4, -0.2) is 11.7 Å². The van der Waals surface area contributed by atoms with Gasteiger partial charge >= 0.3 is 6.18 Å². The van der Waals surface area contributed by atoms with Gasteiger partial charge in [-0.3, -0.25) is 4.79 Å². The van der Waals surface area contributed by atoms with Crippen LogP contribution < -0.4 is 10.3 Å². The van der Waals surface area contributed by atoms with Crippen molar-refractivity contribution in [1.82, 2.24) is 4.57 Å². The van der Waals surface area contributed by atoms with Gasteiger partial charge in [0.1, 0.15) is 5.75 Å². The Morgan fingerprint density at radius 2 is 1.93 bits per heavy atom. The van der Waals surface area contributed by atoms with Crippen LogP contribution in [0.4, 0.5) is 13.2 Å². The van der Waals surface area contributed by atoms with Crippen LogP contribution in [0.15, 0.2) is 10.9 Å². The third-order valence-corrected chi connectivity index (χ3v) is 2.14. The van der Waals surface area contributed by atoms with E-state index in [4.69, 9.17) is 0 Å². The zero-order chi connectivity index (χ0) is 11.8. The number of nitrogens with zero attached hydrogens (tertiary/aromatic N) is 1. The van der Waals surface area contributed by atoms with Gasteiger partial charge in [0.15, 0.2) is 5.56 Å². The second kappa shape index (κ2) is 3.60. The van der Waals surface area contributed by atoms with Crippen molar-refractivity contribution in [3.8, 4) is 5.75 Å². The van der Waals surface area contributed by atoms with Crippen LogP contribution in [0, 0.1) is 6.92 Å². The highest BCUT2D eigenvalue weighted by Gasteiger charge is 2.38. The van der Waals surface area contributed by atoms with Crippen molar-refractivity contribution in [3.63, 3.8) is 0 Å². The molecule has 0 fully saturated rings. The fourth-order valence-corrected chi connectivity index (χ4v) is 1.21. The maximum absolute atomic E-state index is 12.5. The first-order valence-corrected chi connectivity index (χ1v) is 4.11. The number of hydrogen-bond acceptors (Lipinski definition) is 2. The monoisotopic (exact) mass is 221 g/mol. The predicted molar refractivity (Wildman–Crippen MR) is 48.0 cm³/mol. The summed E-state index contributed by atoms with van der Waals surface area (Å²) in [5, 5.41) is 0. The van der Waals surface area contributed by atoms with Crippen LogP contribution in [-0.2, 0) is 13.2 Å².